The highest BCUT2D eigenvalue weighted by molar-refractivity contribution is 7.47. The van der Waals surface area contributed by atoms with Crippen LogP contribution < -0.4 is 0 Å². The van der Waals surface area contributed by atoms with Crippen LogP contribution in [-0.2, 0) is 65.4 Å². The van der Waals surface area contributed by atoms with Gasteiger partial charge in [0.2, 0.25) is 0 Å². The Morgan fingerprint density at radius 3 is 0.730 bits per heavy atom. The zero-order chi connectivity index (χ0) is 73.2. The van der Waals surface area contributed by atoms with E-state index in [0.29, 0.717) is 25.7 Å². The molecule has 0 aliphatic heterocycles. The fourth-order valence-corrected chi connectivity index (χ4v) is 12.0. The minimum Gasteiger partial charge on any atom is -0.462 e. The maximum absolute atomic E-state index is 13.1. The lowest BCUT2D eigenvalue weighted by Gasteiger charge is -2.21. The fourth-order valence-electron chi connectivity index (χ4n) is 10.4. The lowest BCUT2D eigenvalue weighted by molar-refractivity contribution is -0.161. The molecule has 0 rings (SSSR count). The molecule has 17 nitrogen and oxygen atoms in total. The lowest BCUT2D eigenvalue weighted by Crippen LogP contribution is -2.30. The highest BCUT2D eigenvalue weighted by Crippen LogP contribution is 2.45. The molecule has 0 saturated carbocycles. The quantitative estimate of drug-likeness (QED) is 0.0169. The second-order valence-electron chi connectivity index (χ2n) is 26.3. The van der Waals surface area contributed by atoms with E-state index in [0.717, 1.165) is 154 Å². The van der Waals surface area contributed by atoms with Gasteiger partial charge in [-0.25, -0.2) is 9.13 Å². The molecule has 0 radical (unpaired) electrons. The van der Waals surface area contributed by atoms with E-state index in [1.807, 2.05) is 0 Å². The number of aliphatic hydroxyl groups is 1. The molecule has 0 aromatic heterocycles. The van der Waals surface area contributed by atoms with E-state index in [-0.39, 0.29) is 25.7 Å². The predicted molar refractivity (Wildman–Crippen MR) is 409 cm³/mol. The molecule has 3 N–H and O–H groups in total. The predicted octanol–water partition coefficient (Wildman–Crippen LogP) is 22.8. The first-order valence-electron chi connectivity index (χ1n) is 39.5. The summed E-state index contributed by atoms with van der Waals surface area (Å²) < 4.78 is 68.5. The molecule has 578 valence electrons. The highest BCUT2D eigenvalue weighted by Gasteiger charge is 2.30. The molecule has 5 unspecified atom stereocenters. The number of allylic oxidation sites excluding steroid dienone is 16. The van der Waals surface area contributed by atoms with Crippen LogP contribution in [0.15, 0.2) is 97.2 Å². The Morgan fingerprint density at radius 1 is 0.280 bits per heavy atom. The normalized spacial score (nSPS) is 14.4. The molecule has 0 aliphatic carbocycles. The molecule has 0 aliphatic rings. The van der Waals surface area contributed by atoms with Crippen molar-refractivity contribution in [3.8, 4) is 0 Å². The van der Waals surface area contributed by atoms with Gasteiger partial charge < -0.3 is 33.8 Å². The van der Waals surface area contributed by atoms with Gasteiger partial charge in [-0.2, -0.15) is 0 Å². The van der Waals surface area contributed by atoms with Crippen LogP contribution in [0.1, 0.15) is 336 Å². The van der Waals surface area contributed by atoms with Crippen molar-refractivity contribution in [3.63, 3.8) is 0 Å². The van der Waals surface area contributed by atoms with Crippen molar-refractivity contribution in [2.75, 3.05) is 39.6 Å². The Morgan fingerprint density at radius 2 is 0.490 bits per heavy atom. The van der Waals surface area contributed by atoms with Crippen molar-refractivity contribution in [2.45, 2.75) is 354 Å². The number of hydrogen-bond acceptors (Lipinski definition) is 15. The van der Waals surface area contributed by atoms with Crippen LogP contribution in [-0.4, -0.2) is 96.7 Å². The van der Waals surface area contributed by atoms with Crippen LogP contribution in [0, 0.1) is 0 Å². The van der Waals surface area contributed by atoms with Crippen LogP contribution in [0.3, 0.4) is 0 Å². The first-order valence-corrected chi connectivity index (χ1v) is 42.5. The number of carbonyl (C=O) groups excluding carboxylic acids is 4. The maximum Gasteiger partial charge on any atom is 0.472 e. The van der Waals surface area contributed by atoms with Crippen molar-refractivity contribution in [1.29, 1.82) is 0 Å². The SMILES string of the molecule is CCCCCCC=CC/C=C\CCCCCCC(=O)OCC(COP(=O)(O)OCC(O)COP(=O)(O)OCC(COC(=O)CCCCCC/C=C\C/C=C\CCCCCC)OC(=O)CCCCCC/C=C\CC=CCCCCCC)OC(=O)CCCCCC/C=C\C/C=C\CCCCCC. The third-order valence-electron chi connectivity index (χ3n) is 16.5. The summed E-state index contributed by atoms with van der Waals surface area (Å²) in [4.78, 5) is 72.9. The Bertz CT molecular complexity index is 2120. The number of rotatable bonds is 74. The van der Waals surface area contributed by atoms with Gasteiger partial charge in [-0.15, -0.1) is 0 Å². The topological polar surface area (TPSA) is 237 Å². The number of phosphoric ester groups is 2. The maximum atomic E-state index is 13.1. The Hall–Kier alpha value is -4.02. The molecule has 0 amide bonds. The summed E-state index contributed by atoms with van der Waals surface area (Å²) in [5.41, 5.74) is 0. The average molecular weight is 1450 g/mol. The van der Waals surface area contributed by atoms with Crippen molar-refractivity contribution in [3.05, 3.63) is 97.2 Å². The fraction of sp³-hybridized carbons (Fsp3) is 0.753. The Kier molecular flexibility index (Phi) is 70.4. The number of esters is 4. The molecule has 0 aromatic carbocycles. The van der Waals surface area contributed by atoms with E-state index in [4.69, 9.17) is 37.0 Å². The Labute approximate surface area is 607 Å². The molecule has 0 aromatic rings. The minimum atomic E-state index is -4.99. The van der Waals surface area contributed by atoms with Crippen molar-refractivity contribution >= 4 is 39.5 Å². The average Bonchev–Trinajstić information content (AvgIpc) is 1.01. The molecule has 0 spiro atoms. The van der Waals surface area contributed by atoms with Gasteiger partial charge in [-0.1, -0.05) is 253 Å². The number of phosphoric acid groups is 2. The Balaban J connectivity index is 5.41. The van der Waals surface area contributed by atoms with Gasteiger partial charge in [0.15, 0.2) is 12.2 Å². The first-order chi connectivity index (χ1) is 48.7. The van der Waals surface area contributed by atoms with Crippen LogP contribution in [0.25, 0.3) is 0 Å². The van der Waals surface area contributed by atoms with Crippen LogP contribution >= 0.6 is 15.6 Å². The number of ether oxygens (including phenoxy) is 4. The lowest BCUT2D eigenvalue weighted by atomic mass is 10.1. The molecule has 100 heavy (non-hydrogen) atoms. The van der Waals surface area contributed by atoms with E-state index in [1.165, 1.54) is 103 Å². The molecule has 0 saturated heterocycles. The zero-order valence-corrected chi connectivity index (χ0v) is 64.9. The summed E-state index contributed by atoms with van der Waals surface area (Å²) >= 11 is 0. The molecular weight excluding hydrogens is 1310 g/mol. The van der Waals surface area contributed by atoms with E-state index in [2.05, 4.69) is 125 Å². The summed E-state index contributed by atoms with van der Waals surface area (Å²) in [6.45, 7) is 4.75. The second kappa shape index (κ2) is 73.3. The molecule has 0 bridgehead atoms. The summed E-state index contributed by atoms with van der Waals surface area (Å²) in [6, 6.07) is 0. The van der Waals surface area contributed by atoms with E-state index < -0.39 is 97.5 Å². The largest absolute Gasteiger partial charge is 0.472 e. The summed E-state index contributed by atoms with van der Waals surface area (Å²) in [5, 5.41) is 10.6. The monoisotopic (exact) mass is 1450 g/mol. The molecular formula is C81H142O17P2. The third kappa shape index (κ3) is 72.3. The second-order valence-corrected chi connectivity index (χ2v) is 29.2. The van der Waals surface area contributed by atoms with Gasteiger partial charge in [-0.05, 0) is 154 Å². The van der Waals surface area contributed by atoms with E-state index in [1.54, 1.807) is 0 Å². The molecule has 0 fully saturated rings. The van der Waals surface area contributed by atoms with Gasteiger partial charge in [0.05, 0.1) is 26.4 Å². The zero-order valence-electron chi connectivity index (χ0n) is 63.1. The van der Waals surface area contributed by atoms with Crippen LogP contribution in [0.5, 0.6) is 0 Å². The highest BCUT2D eigenvalue weighted by atomic mass is 31.2. The van der Waals surface area contributed by atoms with E-state index >= 15 is 0 Å². The third-order valence-corrected chi connectivity index (χ3v) is 18.4. The van der Waals surface area contributed by atoms with Crippen molar-refractivity contribution in [2.24, 2.45) is 0 Å². The minimum absolute atomic E-state index is 0.0688. The van der Waals surface area contributed by atoms with Gasteiger partial charge >= 0.3 is 39.5 Å². The van der Waals surface area contributed by atoms with Crippen LogP contribution in [0.4, 0.5) is 0 Å². The summed E-state index contributed by atoms with van der Waals surface area (Å²) in [5.74, 6) is -2.24. The van der Waals surface area contributed by atoms with Crippen molar-refractivity contribution < 1.29 is 80.2 Å². The molecule has 0 heterocycles. The summed E-state index contributed by atoms with van der Waals surface area (Å²) in [7, 11) is -9.97. The number of aliphatic hydroxyl groups excluding tert-OH is 1. The van der Waals surface area contributed by atoms with Crippen molar-refractivity contribution in [1.82, 2.24) is 0 Å². The van der Waals surface area contributed by atoms with Gasteiger partial charge in [0, 0.05) is 25.7 Å². The smallest absolute Gasteiger partial charge is 0.462 e. The van der Waals surface area contributed by atoms with Crippen LogP contribution in [0.2, 0.25) is 0 Å². The van der Waals surface area contributed by atoms with Gasteiger partial charge in [0.25, 0.3) is 0 Å². The van der Waals surface area contributed by atoms with Gasteiger partial charge in [0.1, 0.15) is 19.3 Å². The standard InChI is InChI=1S/C81H142O17P2/c1-5-9-13-17-21-25-29-33-37-41-45-49-53-57-61-65-78(83)91-71-76(97-80(85)67-63-59-55-51-47-43-39-35-31-27-23-19-15-11-7-3)73-95-99(87,88)93-69-75(82)70-94-100(89,90)96-74-77(98-81(86)68-64-60-56-52-48-44-40-36-32-28-24-20-16-12-8-4)72-92-79(84)66-62-58-54-50-46-42-38-34-30-26-22-18-14-10-6-2/h25-32,37-44,75-77,82H,5-24,33-36,45-74H2,1-4H3,(H,87,88)(H,89,90)/b29-25-,30-26?,31-27?,32-28-,41-37-,42-38-,43-39-,44-40-. The van der Waals surface area contributed by atoms with Gasteiger partial charge in [-0.3, -0.25) is 37.3 Å². The number of unbranched alkanes of at least 4 members (excludes halogenated alkanes) is 32. The summed E-state index contributed by atoms with van der Waals surface area (Å²) in [6.07, 6.45) is 76.7. The number of carbonyl (C=O) groups is 4. The molecule has 19 heteroatoms. The molecule has 5 atom stereocenters. The number of hydrogen-bond donors (Lipinski definition) is 3. The van der Waals surface area contributed by atoms with E-state index in [9.17, 15) is 43.2 Å². The first kappa shape index (κ1) is 96.0.